The van der Waals surface area contributed by atoms with Crippen LogP contribution >= 0.6 is 0 Å². The summed E-state index contributed by atoms with van der Waals surface area (Å²) in [5.41, 5.74) is 1.67. The maximum absolute atomic E-state index is 10.9. The van der Waals surface area contributed by atoms with Crippen LogP contribution in [0.2, 0.25) is 0 Å². The molecule has 0 bridgehead atoms. The number of aromatic nitrogens is 1. The summed E-state index contributed by atoms with van der Waals surface area (Å²) in [6.07, 6.45) is 1.67. The van der Waals surface area contributed by atoms with Crippen LogP contribution in [0.15, 0.2) is 28.8 Å². The van der Waals surface area contributed by atoms with E-state index in [9.17, 15) is 10.1 Å². The smallest absolute Gasteiger partial charge is 0.272 e. The van der Waals surface area contributed by atoms with Crippen LogP contribution in [0.1, 0.15) is 35.7 Å². The molecule has 1 atom stereocenters. The number of aryl methyl sites for hydroxylation is 2. The Morgan fingerprint density at radius 1 is 1.45 bits per heavy atom. The minimum Gasteiger partial charge on any atom is -0.445 e. The SMILES string of the molecule is Cc1cnc(CNC(C)c2ccc(C)c([N+](=O)[O-])c2)o1. The Hall–Kier alpha value is -2.21. The maximum Gasteiger partial charge on any atom is 0.272 e. The number of nitrogens with one attached hydrogen (secondary N) is 1. The molecule has 0 aliphatic heterocycles. The van der Waals surface area contributed by atoms with Crippen LogP contribution < -0.4 is 5.32 Å². The molecule has 6 nitrogen and oxygen atoms in total. The molecule has 1 unspecified atom stereocenters. The summed E-state index contributed by atoms with van der Waals surface area (Å²) in [4.78, 5) is 14.7. The van der Waals surface area contributed by atoms with Gasteiger partial charge in [0, 0.05) is 17.7 Å². The molecule has 106 valence electrons. The lowest BCUT2D eigenvalue weighted by Gasteiger charge is -2.13. The number of benzene rings is 1. The maximum atomic E-state index is 10.9. The van der Waals surface area contributed by atoms with Crippen LogP contribution in [0, 0.1) is 24.0 Å². The molecule has 1 aromatic carbocycles. The van der Waals surface area contributed by atoms with E-state index >= 15 is 0 Å². The van der Waals surface area contributed by atoms with E-state index in [-0.39, 0.29) is 16.7 Å². The van der Waals surface area contributed by atoms with Gasteiger partial charge in [-0.05, 0) is 26.3 Å². The lowest BCUT2D eigenvalue weighted by molar-refractivity contribution is -0.385. The molecule has 1 N–H and O–H groups in total. The number of nitrogens with zero attached hydrogens (tertiary/aromatic N) is 2. The molecule has 0 aliphatic carbocycles. The molecular weight excluding hydrogens is 258 g/mol. The lowest BCUT2D eigenvalue weighted by Crippen LogP contribution is -2.18. The van der Waals surface area contributed by atoms with E-state index in [0.29, 0.717) is 18.0 Å². The van der Waals surface area contributed by atoms with Gasteiger partial charge in [-0.3, -0.25) is 10.1 Å². The van der Waals surface area contributed by atoms with Gasteiger partial charge >= 0.3 is 0 Å². The van der Waals surface area contributed by atoms with E-state index in [4.69, 9.17) is 4.42 Å². The number of oxazole rings is 1. The average Bonchev–Trinajstić information content (AvgIpc) is 2.82. The van der Waals surface area contributed by atoms with E-state index in [1.807, 2.05) is 19.9 Å². The summed E-state index contributed by atoms with van der Waals surface area (Å²) < 4.78 is 5.37. The van der Waals surface area contributed by atoms with Crippen molar-refractivity contribution in [1.29, 1.82) is 0 Å². The highest BCUT2D eigenvalue weighted by Crippen LogP contribution is 2.23. The van der Waals surface area contributed by atoms with E-state index in [1.54, 1.807) is 25.3 Å². The normalized spacial score (nSPS) is 12.3. The molecule has 1 heterocycles. The van der Waals surface area contributed by atoms with E-state index < -0.39 is 0 Å². The fourth-order valence-electron chi connectivity index (χ4n) is 1.93. The highest BCUT2D eigenvalue weighted by molar-refractivity contribution is 5.43. The van der Waals surface area contributed by atoms with Gasteiger partial charge in [0.25, 0.3) is 5.69 Å². The van der Waals surface area contributed by atoms with Gasteiger partial charge in [0.2, 0.25) is 5.89 Å². The second-order valence-corrected chi connectivity index (χ2v) is 4.77. The van der Waals surface area contributed by atoms with Gasteiger partial charge in [0.1, 0.15) is 5.76 Å². The zero-order chi connectivity index (χ0) is 14.7. The van der Waals surface area contributed by atoms with E-state index in [2.05, 4.69) is 10.3 Å². The molecule has 20 heavy (non-hydrogen) atoms. The first-order valence-corrected chi connectivity index (χ1v) is 6.37. The number of nitro benzene ring substituents is 1. The predicted molar refractivity (Wildman–Crippen MR) is 74.3 cm³/mol. The lowest BCUT2D eigenvalue weighted by atomic mass is 10.0. The Morgan fingerprint density at radius 3 is 2.80 bits per heavy atom. The predicted octanol–water partition coefficient (Wildman–Crippen LogP) is 3.05. The first kappa shape index (κ1) is 14.2. The van der Waals surface area contributed by atoms with Crippen LogP contribution in [0.3, 0.4) is 0 Å². The van der Waals surface area contributed by atoms with E-state index in [1.165, 1.54) is 0 Å². The van der Waals surface area contributed by atoms with Crippen LogP contribution in [-0.2, 0) is 6.54 Å². The average molecular weight is 275 g/mol. The fraction of sp³-hybridized carbons (Fsp3) is 0.357. The standard InChI is InChI=1S/C14H17N3O3/c1-9-4-5-12(6-13(9)17(18)19)11(3)15-8-14-16-7-10(2)20-14/h4-7,11,15H,8H2,1-3H3. The number of hydrogen-bond acceptors (Lipinski definition) is 5. The van der Waals surface area contributed by atoms with Gasteiger partial charge in [0.05, 0.1) is 17.7 Å². The Balaban J connectivity index is 2.07. The van der Waals surface area contributed by atoms with Crippen molar-refractivity contribution < 1.29 is 9.34 Å². The van der Waals surface area contributed by atoms with Gasteiger partial charge in [-0.1, -0.05) is 12.1 Å². The quantitative estimate of drug-likeness (QED) is 0.670. The highest BCUT2D eigenvalue weighted by Gasteiger charge is 2.14. The number of rotatable bonds is 5. The Labute approximate surface area is 117 Å². The summed E-state index contributed by atoms with van der Waals surface area (Å²) in [5.74, 6) is 1.37. The molecule has 0 amide bonds. The van der Waals surface area contributed by atoms with Crippen molar-refractivity contribution in [2.45, 2.75) is 33.4 Å². The molecule has 6 heteroatoms. The monoisotopic (exact) mass is 275 g/mol. The van der Waals surface area contributed by atoms with Crippen LogP contribution in [-0.4, -0.2) is 9.91 Å². The van der Waals surface area contributed by atoms with Gasteiger partial charge in [-0.15, -0.1) is 0 Å². The zero-order valence-electron chi connectivity index (χ0n) is 11.7. The Morgan fingerprint density at radius 2 is 2.20 bits per heavy atom. The summed E-state index contributed by atoms with van der Waals surface area (Å²) in [6, 6.07) is 5.23. The highest BCUT2D eigenvalue weighted by atomic mass is 16.6. The summed E-state index contributed by atoms with van der Waals surface area (Å²) in [5, 5.41) is 14.2. The summed E-state index contributed by atoms with van der Waals surface area (Å²) in [7, 11) is 0. The third kappa shape index (κ3) is 3.21. The van der Waals surface area contributed by atoms with Gasteiger partial charge < -0.3 is 9.73 Å². The Kier molecular flexibility index (Phi) is 4.14. The fourth-order valence-corrected chi connectivity index (χ4v) is 1.93. The summed E-state index contributed by atoms with van der Waals surface area (Å²) in [6.45, 7) is 6.00. The van der Waals surface area contributed by atoms with Crippen LogP contribution in [0.4, 0.5) is 5.69 Å². The second kappa shape index (κ2) is 5.83. The largest absolute Gasteiger partial charge is 0.445 e. The third-order valence-corrected chi connectivity index (χ3v) is 3.16. The second-order valence-electron chi connectivity index (χ2n) is 4.77. The van der Waals surface area contributed by atoms with Crippen molar-refractivity contribution in [2.75, 3.05) is 0 Å². The van der Waals surface area contributed by atoms with Crippen molar-refractivity contribution in [3.05, 3.63) is 57.3 Å². The molecule has 0 radical (unpaired) electrons. The minimum absolute atomic E-state index is 0.0264. The number of nitro groups is 1. The van der Waals surface area contributed by atoms with E-state index in [0.717, 1.165) is 11.3 Å². The van der Waals surface area contributed by atoms with Gasteiger partial charge in [-0.25, -0.2) is 4.98 Å². The van der Waals surface area contributed by atoms with Crippen molar-refractivity contribution in [2.24, 2.45) is 0 Å². The molecule has 2 rings (SSSR count). The first-order valence-electron chi connectivity index (χ1n) is 6.37. The molecular formula is C14H17N3O3. The minimum atomic E-state index is -0.358. The molecule has 0 saturated heterocycles. The molecule has 0 spiro atoms. The summed E-state index contributed by atoms with van der Waals surface area (Å²) >= 11 is 0. The van der Waals surface area contributed by atoms with Crippen molar-refractivity contribution >= 4 is 5.69 Å². The first-order chi connectivity index (χ1) is 9.47. The molecule has 0 aliphatic rings. The van der Waals surface area contributed by atoms with Gasteiger partial charge in [0.15, 0.2) is 0 Å². The molecule has 1 aromatic heterocycles. The molecule has 0 saturated carbocycles. The van der Waals surface area contributed by atoms with Crippen LogP contribution in [0.25, 0.3) is 0 Å². The molecule has 0 fully saturated rings. The van der Waals surface area contributed by atoms with Crippen molar-refractivity contribution in [3.8, 4) is 0 Å². The number of hydrogen-bond donors (Lipinski definition) is 1. The zero-order valence-corrected chi connectivity index (χ0v) is 11.7. The van der Waals surface area contributed by atoms with Gasteiger partial charge in [-0.2, -0.15) is 0 Å². The van der Waals surface area contributed by atoms with Crippen molar-refractivity contribution in [3.63, 3.8) is 0 Å². The topological polar surface area (TPSA) is 81.2 Å². The van der Waals surface area contributed by atoms with Crippen LogP contribution in [0.5, 0.6) is 0 Å². The van der Waals surface area contributed by atoms with Crippen molar-refractivity contribution in [1.82, 2.24) is 10.3 Å². The third-order valence-electron chi connectivity index (χ3n) is 3.16. The molecule has 2 aromatic rings. The Bertz CT molecular complexity index is 622.